The number of benzene rings is 2. The third-order valence-electron chi connectivity index (χ3n) is 8.22. The van der Waals surface area contributed by atoms with Crippen LogP contribution in [0.3, 0.4) is 0 Å². The molecule has 2 atom stereocenters. The molecule has 0 aliphatic heterocycles. The molecule has 0 heterocycles. The van der Waals surface area contributed by atoms with Crippen LogP contribution < -0.4 is 0 Å². The van der Waals surface area contributed by atoms with E-state index in [4.69, 9.17) is 0 Å². The summed E-state index contributed by atoms with van der Waals surface area (Å²) in [6.45, 7) is 4.50. The van der Waals surface area contributed by atoms with Gasteiger partial charge in [0.25, 0.3) is 11.4 Å². The zero-order chi connectivity index (χ0) is 25.2. The van der Waals surface area contributed by atoms with Crippen LogP contribution in [0.4, 0.5) is 11.4 Å². The molecular weight excluding hydrogens is 452 g/mol. The van der Waals surface area contributed by atoms with Gasteiger partial charge in [0.15, 0.2) is 0 Å². The number of hydrogen-bond donors (Lipinski definition) is 0. The van der Waals surface area contributed by atoms with Crippen molar-refractivity contribution in [1.29, 1.82) is 0 Å². The second kappa shape index (κ2) is 7.46. The van der Waals surface area contributed by atoms with E-state index >= 15 is 0 Å². The number of rotatable bonds is 4. The van der Waals surface area contributed by atoms with Crippen LogP contribution >= 0.6 is 0 Å². The molecule has 2 unspecified atom stereocenters. The number of nitro benzene ring substituents is 2. The summed E-state index contributed by atoms with van der Waals surface area (Å²) in [5.41, 5.74) is 7.59. The minimum Gasteiger partial charge on any atom is -0.258 e. The highest BCUT2D eigenvalue weighted by atomic mass is 16.6. The first-order valence-electron chi connectivity index (χ1n) is 11.7. The lowest BCUT2D eigenvalue weighted by atomic mass is 9.46. The molecule has 2 aromatic rings. The first-order chi connectivity index (χ1) is 17.2. The van der Waals surface area contributed by atoms with Crippen molar-refractivity contribution < 1.29 is 9.85 Å². The Morgan fingerprint density at radius 3 is 1.42 bits per heavy atom. The van der Waals surface area contributed by atoms with E-state index in [1.54, 1.807) is 24.3 Å². The van der Waals surface area contributed by atoms with Gasteiger partial charge in [-0.2, -0.15) is 0 Å². The Morgan fingerprint density at radius 1 is 0.611 bits per heavy atom. The Labute approximate surface area is 208 Å². The van der Waals surface area contributed by atoms with E-state index in [2.05, 4.69) is 62.5 Å². The van der Waals surface area contributed by atoms with E-state index in [1.807, 2.05) is 12.1 Å². The largest absolute Gasteiger partial charge is 0.270 e. The number of non-ortho nitro benzene ring substituents is 2. The predicted octanol–water partition coefficient (Wildman–Crippen LogP) is 7.30. The van der Waals surface area contributed by atoms with Crippen LogP contribution in [0.15, 0.2) is 119 Å². The lowest BCUT2D eigenvalue weighted by Gasteiger charge is -2.56. The summed E-state index contributed by atoms with van der Waals surface area (Å²) in [5, 5.41) is 22.6. The molecule has 0 amide bonds. The fourth-order valence-corrected chi connectivity index (χ4v) is 5.97. The summed E-state index contributed by atoms with van der Waals surface area (Å²) >= 11 is 0. The highest BCUT2D eigenvalue weighted by Gasteiger charge is 2.56. The van der Waals surface area contributed by atoms with E-state index in [0.717, 1.165) is 44.6 Å². The van der Waals surface area contributed by atoms with Crippen LogP contribution in [-0.2, 0) is 0 Å². The highest BCUT2D eigenvalue weighted by molar-refractivity contribution is 5.87. The molecule has 0 aromatic heterocycles. The van der Waals surface area contributed by atoms with Gasteiger partial charge in [-0.3, -0.25) is 20.2 Å². The molecule has 0 N–H and O–H groups in total. The van der Waals surface area contributed by atoms with Crippen molar-refractivity contribution in [2.24, 2.45) is 10.8 Å². The zero-order valence-electron chi connectivity index (χ0n) is 19.8. The minimum atomic E-state index is -0.370. The molecule has 6 heteroatoms. The molecule has 0 bridgehead atoms. The maximum atomic E-state index is 11.3. The fourth-order valence-electron chi connectivity index (χ4n) is 5.97. The van der Waals surface area contributed by atoms with Crippen molar-refractivity contribution in [3.8, 4) is 0 Å². The van der Waals surface area contributed by atoms with Crippen molar-refractivity contribution in [2.45, 2.75) is 13.8 Å². The van der Waals surface area contributed by atoms with Crippen LogP contribution in [0.1, 0.15) is 25.0 Å². The Bertz CT molecular complexity index is 1500. The summed E-state index contributed by atoms with van der Waals surface area (Å²) < 4.78 is 0. The summed E-state index contributed by atoms with van der Waals surface area (Å²) in [6.07, 6.45) is 17.1. The predicted molar refractivity (Wildman–Crippen MR) is 140 cm³/mol. The van der Waals surface area contributed by atoms with Gasteiger partial charge in [0.05, 0.1) is 9.85 Å². The average molecular weight is 475 g/mol. The van der Waals surface area contributed by atoms with E-state index in [1.165, 1.54) is 12.1 Å². The zero-order valence-corrected chi connectivity index (χ0v) is 19.8. The first-order valence-corrected chi connectivity index (χ1v) is 11.7. The Kier molecular flexibility index (Phi) is 4.54. The number of nitrogens with zero attached hydrogens (tertiary/aromatic N) is 2. The van der Waals surface area contributed by atoms with Gasteiger partial charge in [-0.1, -0.05) is 86.7 Å². The van der Waals surface area contributed by atoms with Crippen LogP contribution in [0, 0.1) is 31.1 Å². The summed E-state index contributed by atoms with van der Waals surface area (Å²) in [7, 11) is 0. The van der Waals surface area contributed by atoms with Gasteiger partial charge in [0.1, 0.15) is 0 Å². The van der Waals surface area contributed by atoms with Crippen LogP contribution in [0.2, 0.25) is 0 Å². The molecule has 4 aliphatic carbocycles. The van der Waals surface area contributed by atoms with Gasteiger partial charge in [-0.15, -0.1) is 0 Å². The third kappa shape index (κ3) is 2.91. The lowest BCUT2D eigenvalue weighted by Crippen LogP contribution is -2.47. The van der Waals surface area contributed by atoms with Gasteiger partial charge in [-0.25, -0.2) is 0 Å². The second-order valence-corrected chi connectivity index (χ2v) is 9.84. The molecule has 176 valence electrons. The fraction of sp³-hybridized carbons (Fsp3) is 0.133. The van der Waals surface area contributed by atoms with Gasteiger partial charge >= 0.3 is 0 Å². The molecule has 0 saturated heterocycles. The standard InChI is InChI=1S/C30H22N2O4/c1-29-23-9-11-25-15-22(20-6-4-8-28(18-20)32(35)36)16-26(30(25,29)2)12-10-24(29)14-21(13-23)19-5-3-7-27(17-19)31(33)34/h3-18H,1-2H3. The molecule has 0 radical (unpaired) electrons. The number of nitro groups is 2. The van der Waals surface area contributed by atoms with Gasteiger partial charge < -0.3 is 0 Å². The van der Waals surface area contributed by atoms with E-state index in [0.29, 0.717) is 0 Å². The van der Waals surface area contributed by atoms with Crippen LogP contribution in [-0.4, -0.2) is 9.85 Å². The van der Waals surface area contributed by atoms with Crippen LogP contribution in [0.5, 0.6) is 0 Å². The van der Waals surface area contributed by atoms with Crippen molar-refractivity contribution in [1.82, 2.24) is 0 Å². The topological polar surface area (TPSA) is 86.3 Å². The van der Waals surface area contributed by atoms with E-state index < -0.39 is 0 Å². The second-order valence-electron chi connectivity index (χ2n) is 9.84. The third-order valence-corrected chi connectivity index (χ3v) is 8.22. The SMILES string of the molecule is CC12C3=CC=C4C=C(c5cccc([N+](=O)[O-])c5)C=C(C=CC1=CC(c1cccc([N+](=O)[O-])c1)=C3)C42C. The van der Waals surface area contributed by atoms with Crippen molar-refractivity contribution >= 4 is 22.5 Å². The van der Waals surface area contributed by atoms with Gasteiger partial charge in [0, 0.05) is 35.1 Å². The molecular formula is C30H22N2O4. The van der Waals surface area contributed by atoms with Gasteiger partial charge in [0.2, 0.25) is 0 Å². The molecule has 6 nitrogen and oxygen atoms in total. The average Bonchev–Trinajstić information content (AvgIpc) is 2.87. The molecule has 0 saturated carbocycles. The van der Waals surface area contributed by atoms with E-state index in [9.17, 15) is 20.2 Å². The minimum absolute atomic E-state index is 0.0717. The summed E-state index contributed by atoms with van der Waals surface area (Å²) in [5.74, 6) is 0. The van der Waals surface area contributed by atoms with E-state index in [-0.39, 0.29) is 32.1 Å². The smallest absolute Gasteiger partial charge is 0.258 e. The molecule has 0 spiro atoms. The highest BCUT2D eigenvalue weighted by Crippen LogP contribution is 2.66. The monoisotopic (exact) mass is 474 g/mol. The molecule has 0 fully saturated rings. The van der Waals surface area contributed by atoms with Crippen molar-refractivity contribution in [2.75, 3.05) is 0 Å². The lowest BCUT2D eigenvalue weighted by molar-refractivity contribution is -0.385. The maximum absolute atomic E-state index is 11.3. The van der Waals surface area contributed by atoms with Crippen molar-refractivity contribution in [3.05, 3.63) is 151 Å². The molecule has 4 aliphatic rings. The Morgan fingerprint density at radius 2 is 1.03 bits per heavy atom. The Hall–Kier alpha value is -4.58. The first kappa shape index (κ1) is 21.9. The maximum Gasteiger partial charge on any atom is 0.270 e. The summed E-state index contributed by atoms with van der Waals surface area (Å²) in [6, 6.07) is 13.5. The number of hydrogen-bond acceptors (Lipinski definition) is 4. The van der Waals surface area contributed by atoms with Gasteiger partial charge in [-0.05, 0) is 44.6 Å². The Balaban J connectivity index is 1.51. The number of allylic oxidation sites excluding steroid dienone is 14. The molecule has 6 rings (SSSR count). The molecule has 36 heavy (non-hydrogen) atoms. The normalized spacial score (nSPS) is 25.4. The van der Waals surface area contributed by atoms with Crippen LogP contribution in [0.25, 0.3) is 11.1 Å². The molecule has 2 aromatic carbocycles. The summed E-state index contributed by atoms with van der Waals surface area (Å²) in [4.78, 5) is 21.9. The van der Waals surface area contributed by atoms with Crippen molar-refractivity contribution in [3.63, 3.8) is 0 Å². The quantitative estimate of drug-likeness (QED) is 0.344.